The third kappa shape index (κ3) is 3.09. The average Bonchev–Trinajstić information content (AvgIpc) is 2.88. The number of amides is 1. The van der Waals surface area contributed by atoms with Crippen LogP contribution in [0, 0.1) is 12.8 Å². The van der Waals surface area contributed by atoms with Gasteiger partial charge in [-0.3, -0.25) is 14.9 Å². The van der Waals surface area contributed by atoms with E-state index >= 15 is 0 Å². The van der Waals surface area contributed by atoms with Gasteiger partial charge in [-0.15, -0.1) is 0 Å². The van der Waals surface area contributed by atoms with Gasteiger partial charge in [0.2, 0.25) is 15.9 Å². The first kappa shape index (κ1) is 15.9. The lowest BCUT2D eigenvalue weighted by atomic mass is 9.99. The Labute approximate surface area is 124 Å². The molecule has 21 heavy (non-hydrogen) atoms. The van der Waals surface area contributed by atoms with Gasteiger partial charge in [-0.1, -0.05) is 0 Å². The number of sulfonamides is 1. The molecule has 1 aromatic heterocycles. The van der Waals surface area contributed by atoms with Crippen molar-refractivity contribution in [1.29, 1.82) is 0 Å². The van der Waals surface area contributed by atoms with E-state index in [9.17, 15) is 13.2 Å². The zero-order valence-electron chi connectivity index (χ0n) is 12.2. The Hall–Kier alpha value is -1.45. The smallest absolute Gasteiger partial charge is 0.246 e. The summed E-state index contributed by atoms with van der Waals surface area (Å²) in [5.74, 6) is 4.41. The normalized spacial score (nSPS) is 20.4. The second kappa shape index (κ2) is 6.12. The third-order valence-electron chi connectivity index (χ3n) is 3.74. The van der Waals surface area contributed by atoms with Crippen molar-refractivity contribution < 1.29 is 13.2 Å². The fraction of sp³-hybridized carbons (Fsp3) is 0.667. The number of nitrogens with two attached hydrogens (primary N) is 1. The number of carbonyl (C=O) groups is 1. The second-order valence-electron chi connectivity index (χ2n) is 5.15. The van der Waals surface area contributed by atoms with Crippen molar-refractivity contribution in [2.75, 3.05) is 13.1 Å². The maximum Gasteiger partial charge on any atom is 0.246 e. The van der Waals surface area contributed by atoms with E-state index in [0.29, 0.717) is 31.6 Å². The van der Waals surface area contributed by atoms with Gasteiger partial charge < -0.3 is 0 Å². The van der Waals surface area contributed by atoms with Crippen LogP contribution in [0.4, 0.5) is 0 Å². The Morgan fingerprint density at radius 2 is 2.29 bits per heavy atom. The topological polar surface area (TPSA) is 110 Å². The molecule has 1 aliphatic rings. The first-order valence-corrected chi connectivity index (χ1v) is 8.38. The molecule has 0 saturated carbocycles. The first-order valence-electron chi connectivity index (χ1n) is 6.94. The third-order valence-corrected chi connectivity index (χ3v) is 5.71. The van der Waals surface area contributed by atoms with Crippen molar-refractivity contribution >= 4 is 15.9 Å². The molecule has 0 spiro atoms. The van der Waals surface area contributed by atoms with Gasteiger partial charge >= 0.3 is 0 Å². The van der Waals surface area contributed by atoms with E-state index in [2.05, 4.69) is 10.5 Å². The van der Waals surface area contributed by atoms with Crippen LogP contribution < -0.4 is 11.3 Å². The Bertz CT molecular complexity index is 625. The highest BCUT2D eigenvalue weighted by Crippen LogP contribution is 2.25. The summed E-state index contributed by atoms with van der Waals surface area (Å²) in [6.07, 6.45) is 2.82. The van der Waals surface area contributed by atoms with E-state index < -0.39 is 15.9 Å². The lowest BCUT2D eigenvalue weighted by molar-refractivity contribution is -0.126. The molecule has 1 aromatic rings. The molecule has 0 aromatic carbocycles. The number of nitrogens with zero attached hydrogens (tertiary/aromatic N) is 3. The van der Waals surface area contributed by atoms with Crippen molar-refractivity contribution in [2.45, 2.75) is 38.1 Å². The number of hydrogen-bond donors (Lipinski definition) is 2. The minimum atomic E-state index is -3.63. The molecule has 3 N–H and O–H groups in total. The van der Waals surface area contributed by atoms with Gasteiger partial charge in [0.15, 0.2) is 0 Å². The lowest BCUT2D eigenvalue weighted by Gasteiger charge is -2.30. The summed E-state index contributed by atoms with van der Waals surface area (Å²) >= 11 is 0. The lowest BCUT2D eigenvalue weighted by Crippen LogP contribution is -2.46. The fourth-order valence-corrected chi connectivity index (χ4v) is 4.24. The predicted molar refractivity (Wildman–Crippen MR) is 76.5 cm³/mol. The SMILES string of the molecule is CCn1cc(S(=O)(=O)N2CCC[C@@H](C(=O)NN)C2)c(C)n1. The van der Waals surface area contributed by atoms with Crippen LogP contribution in [0.25, 0.3) is 0 Å². The summed E-state index contributed by atoms with van der Waals surface area (Å²) in [5, 5.41) is 4.17. The highest BCUT2D eigenvalue weighted by atomic mass is 32.2. The van der Waals surface area contributed by atoms with E-state index in [1.165, 1.54) is 10.5 Å². The number of nitrogens with one attached hydrogen (secondary N) is 1. The molecular formula is C12H21N5O3S. The van der Waals surface area contributed by atoms with Crippen LogP contribution >= 0.6 is 0 Å². The van der Waals surface area contributed by atoms with E-state index in [4.69, 9.17) is 5.84 Å². The molecule has 2 rings (SSSR count). The molecule has 1 saturated heterocycles. The Morgan fingerprint density at radius 1 is 1.57 bits per heavy atom. The summed E-state index contributed by atoms with van der Waals surface area (Å²) < 4.78 is 28.3. The summed E-state index contributed by atoms with van der Waals surface area (Å²) in [4.78, 5) is 11.8. The Balaban J connectivity index is 2.26. The molecule has 0 radical (unpaired) electrons. The summed E-state index contributed by atoms with van der Waals surface area (Å²) in [6, 6.07) is 0. The molecule has 0 aliphatic carbocycles. The number of rotatable bonds is 4. The van der Waals surface area contributed by atoms with Gasteiger partial charge in [0.1, 0.15) is 4.90 Å². The zero-order valence-corrected chi connectivity index (χ0v) is 13.1. The van der Waals surface area contributed by atoms with Gasteiger partial charge in [0.25, 0.3) is 0 Å². The molecule has 0 bridgehead atoms. The zero-order chi connectivity index (χ0) is 15.6. The van der Waals surface area contributed by atoms with Gasteiger partial charge in [0.05, 0.1) is 11.6 Å². The second-order valence-corrected chi connectivity index (χ2v) is 7.05. The van der Waals surface area contributed by atoms with Gasteiger partial charge in [0, 0.05) is 25.8 Å². The maximum atomic E-state index is 12.7. The predicted octanol–water partition coefficient (Wildman–Crippen LogP) is -0.398. The van der Waals surface area contributed by atoms with Crippen LogP contribution in [-0.4, -0.2) is 41.5 Å². The summed E-state index contributed by atoms with van der Waals surface area (Å²) in [6.45, 7) is 4.74. The molecular weight excluding hydrogens is 294 g/mol. The van der Waals surface area contributed by atoms with E-state index in [1.807, 2.05) is 6.92 Å². The summed E-state index contributed by atoms with van der Waals surface area (Å²) in [7, 11) is -3.63. The summed E-state index contributed by atoms with van der Waals surface area (Å²) in [5.41, 5.74) is 2.57. The van der Waals surface area contributed by atoms with Crippen LogP contribution in [0.2, 0.25) is 0 Å². The van der Waals surface area contributed by atoms with Gasteiger partial charge in [-0.2, -0.15) is 9.40 Å². The average molecular weight is 315 g/mol. The van der Waals surface area contributed by atoms with Crippen molar-refractivity contribution in [1.82, 2.24) is 19.5 Å². The molecule has 9 heteroatoms. The Morgan fingerprint density at radius 3 is 2.86 bits per heavy atom. The number of piperidine rings is 1. The van der Waals surface area contributed by atoms with Crippen LogP contribution in [0.5, 0.6) is 0 Å². The Kier molecular flexibility index (Phi) is 4.64. The van der Waals surface area contributed by atoms with Crippen LogP contribution in [0.3, 0.4) is 0 Å². The minimum Gasteiger partial charge on any atom is -0.294 e. The monoisotopic (exact) mass is 315 g/mol. The number of carbonyl (C=O) groups excluding carboxylic acids is 1. The van der Waals surface area contributed by atoms with Crippen molar-refractivity contribution in [3.05, 3.63) is 11.9 Å². The van der Waals surface area contributed by atoms with E-state index in [1.54, 1.807) is 11.6 Å². The molecule has 1 atom stereocenters. The minimum absolute atomic E-state index is 0.155. The molecule has 0 unspecified atom stereocenters. The molecule has 118 valence electrons. The first-order chi connectivity index (χ1) is 9.90. The van der Waals surface area contributed by atoms with Crippen molar-refractivity contribution in [3.63, 3.8) is 0 Å². The number of hydrazine groups is 1. The largest absolute Gasteiger partial charge is 0.294 e. The van der Waals surface area contributed by atoms with Crippen molar-refractivity contribution in [3.8, 4) is 0 Å². The van der Waals surface area contributed by atoms with E-state index in [0.717, 1.165) is 0 Å². The number of aryl methyl sites for hydroxylation is 2. The number of hydrogen-bond acceptors (Lipinski definition) is 5. The fourth-order valence-electron chi connectivity index (χ4n) is 2.55. The maximum absolute atomic E-state index is 12.7. The van der Waals surface area contributed by atoms with Gasteiger partial charge in [-0.05, 0) is 26.7 Å². The molecule has 8 nitrogen and oxygen atoms in total. The standard InChI is InChI=1S/C12H21N5O3S/c1-3-16-8-11(9(2)15-16)21(19,20)17-6-4-5-10(7-17)12(18)14-13/h8,10H,3-7,13H2,1-2H3,(H,14,18)/t10-/m1/s1. The molecule has 1 aliphatic heterocycles. The van der Waals surface area contributed by atoms with Gasteiger partial charge in [-0.25, -0.2) is 14.3 Å². The van der Waals surface area contributed by atoms with Crippen LogP contribution in [0.15, 0.2) is 11.1 Å². The van der Waals surface area contributed by atoms with Crippen LogP contribution in [-0.2, 0) is 21.4 Å². The van der Waals surface area contributed by atoms with E-state index in [-0.39, 0.29) is 17.3 Å². The van der Waals surface area contributed by atoms with Crippen LogP contribution in [0.1, 0.15) is 25.5 Å². The quantitative estimate of drug-likeness (QED) is 0.446. The highest BCUT2D eigenvalue weighted by molar-refractivity contribution is 7.89. The number of aromatic nitrogens is 2. The molecule has 1 fully saturated rings. The van der Waals surface area contributed by atoms with Crippen molar-refractivity contribution in [2.24, 2.45) is 11.8 Å². The highest BCUT2D eigenvalue weighted by Gasteiger charge is 2.34. The molecule has 2 heterocycles. The molecule has 1 amide bonds.